The van der Waals surface area contributed by atoms with E-state index < -0.39 is 0 Å². The summed E-state index contributed by atoms with van der Waals surface area (Å²) in [7, 11) is 0. The normalized spacial score (nSPS) is 13.3. The second-order valence-corrected chi connectivity index (χ2v) is 4.65. The molecule has 13 heavy (non-hydrogen) atoms. The van der Waals surface area contributed by atoms with Crippen molar-refractivity contribution in [1.82, 2.24) is 0 Å². The molecule has 0 heterocycles. The molecule has 0 spiro atoms. The summed E-state index contributed by atoms with van der Waals surface area (Å²) in [5, 5.41) is 0. The molecule has 0 amide bonds. The molecule has 0 aliphatic carbocycles. The van der Waals surface area contributed by atoms with Crippen LogP contribution in [0.2, 0.25) is 0 Å². The maximum Gasteiger partial charge on any atom is 0.333 e. The average Bonchev–Trinajstić information content (AvgIpc) is 1.81. The van der Waals surface area contributed by atoms with Crippen molar-refractivity contribution in [3.63, 3.8) is 0 Å². The summed E-state index contributed by atoms with van der Waals surface area (Å²) in [5.41, 5.74) is 0.710. The lowest BCUT2D eigenvalue weighted by atomic mass is 9.94. The first-order chi connectivity index (χ1) is 5.72. The summed E-state index contributed by atoms with van der Waals surface area (Å²) >= 11 is 0. The first-order valence-electron chi connectivity index (χ1n) is 4.63. The van der Waals surface area contributed by atoms with Gasteiger partial charge in [0, 0.05) is 5.57 Å². The van der Waals surface area contributed by atoms with Gasteiger partial charge in [0.1, 0.15) is 0 Å². The zero-order chi connectivity index (χ0) is 10.6. The topological polar surface area (TPSA) is 26.3 Å². The molecule has 0 fully saturated rings. The van der Waals surface area contributed by atoms with Crippen LogP contribution in [0.1, 0.15) is 41.5 Å². The largest absolute Gasteiger partial charge is 0.460 e. The quantitative estimate of drug-likeness (QED) is 0.487. The van der Waals surface area contributed by atoms with Gasteiger partial charge in [0.2, 0.25) is 0 Å². The predicted octanol–water partition coefficient (Wildman–Crippen LogP) is 2.93. The molecule has 0 aromatic rings. The lowest BCUT2D eigenvalue weighted by Crippen LogP contribution is -2.14. The van der Waals surface area contributed by atoms with Gasteiger partial charge in [0.15, 0.2) is 0 Å². The van der Waals surface area contributed by atoms with Gasteiger partial charge in [0.25, 0.3) is 0 Å². The van der Waals surface area contributed by atoms with Crippen molar-refractivity contribution in [2.75, 3.05) is 0 Å². The van der Waals surface area contributed by atoms with Gasteiger partial charge in [-0.3, -0.25) is 0 Å². The van der Waals surface area contributed by atoms with Crippen LogP contribution in [0.15, 0.2) is 11.6 Å². The maximum atomic E-state index is 11.3. The summed E-state index contributed by atoms with van der Waals surface area (Å²) in [6.07, 6.45) is 1.88. The van der Waals surface area contributed by atoms with Gasteiger partial charge in [-0.15, -0.1) is 0 Å². The highest BCUT2D eigenvalue weighted by Crippen LogP contribution is 2.18. The lowest BCUT2D eigenvalue weighted by Gasteiger charge is -2.14. The zero-order valence-electron chi connectivity index (χ0n) is 9.47. The van der Waals surface area contributed by atoms with E-state index in [-0.39, 0.29) is 17.5 Å². The highest BCUT2D eigenvalue weighted by atomic mass is 16.5. The van der Waals surface area contributed by atoms with Crippen LogP contribution in [-0.4, -0.2) is 12.1 Å². The summed E-state index contributed by atoms with van der Waals surface area (Å²) in [5.74, 6) is -0.218. The molecule has 0 aliphatic heterocycles. The number of carbonyl (C=O) groups excluding carboxylic acids is 1. The van der Waals surface area contributed by atoms with Crippen molar-refractivity contribution in [2.45, 2.75) is 47.6 Å². The number of carbonyl (C=O) groups is 1. The van der Waals surface area contributed by atoms with Crippen LogP contribution >= 0.6 is 0 Å². The number of hydrogen-bond acceptors (Lipinski definition) is 2. The standard InChI is InChI=1S/C11H20O2/c1-8(2)13-10(12)9(3)7-11(4,5)6/h7-8H,1-6H3/b9-7+. The summed E-state index contributed by atoms with van der Waals surface area (Å²) in [6, 6.07) is 0. The van der Waals surface area contributed by atoms with E-state index in [2.05, 4.69) is 20.8 Å². The highest BCUT2D eigenvalue weighted by Gasteiger charge is 2.12. The molecule has 2 heteroatoms. The molecule has 0 radical (unpaired) electrons. The predicted molar refractivity (Wildman–Crippen MR) is 54.4 cm³/mol. The molecule has 0 saturated heterocycles. The Morgan fingerprint density at radius 1 is 1.31 bits per heavy atom. The Labute approximate surface area is 81.0 Å². The fourth-order valence-corrected chi connectivity index (χ4v) is 1.02. The number of allylic oxidation sites excluding steroid dienone is 1. The van der Waals surface area contributed by atoms with E-state index >= 15 is 0 Å². The third-order valence-electron chi connectivity index (χ3n) is 1.31. The fraction of sp³-hybridized carbons (Fsp3) is 0.727. The highest BCUT2D eigenvalue weighted by molar-refractivity contribution is 5.87. The van der Waals surface area contributed by atoms with Crippen LogP contribution in [-0.2, 0) is 9.53 Å². The second-order valence-electron chi connectivity index (χ2n) is 4.65. The van der Waals surface area contributed by atoms with Crippen molar-refractivity contribution in [1.29, 1.82) is 0 Å². The van der Waals surface area contributed by atoms with Crippen molar-refractivity contribution in [2.24, 2.45) is 5.41 Å². The van der Waals surface area contributed by atoms with Crippen LogP contribution in [0.25, 0.3) is 0 Å². The maximum absolute atomic E-state index is 11.3. The Hall–Kier alpha value is -0.790. The van der Waals surface area contributed by atoms with Gasteiger partial charge in [-0.1, -0.05) is 26.8 Å². The monoisotopic (exact) mass is 184 g/mol. The Bertz CT molecular complexity index is 207. The Kier molecular flexibility index (Phi) is 4.18. The SMILES string of the molecule is C/C(=C\C(C)(C)C)C(=O)OC(C)C. The van der Waals surface area contributed by atoms with Crippen molar-refractivity contribution < 1.29 is 9.53 Å². The number of esters is 1. The molecule has 2 nitrogen and oxygen atoms in total. The van der Waals surface area contributed by atoms with Crippen molar-refractivity contribution in [3.05, 3.63) is 11.6 Å². The summed E-state index contributed by atoms with van der Waals surface area (Å²) < 4.78 is 5.05. The Morgan fingerprint density at radius 2 is 1.77 bits per heavy atom. The second kappa shape index (κ2) is 4.45. The minimum Gasteiger partial charge on any atom is -0.460 e. The first-order valence-corrected chi connectivity index (χ1v) is 4.63. The number of ether oxygens (including phenoxy) is 1. The van der Waals surface area contributed by atoms with E-state index in [9.17, 15) is 4.79 Å². The Morgan fingerprint density at radius 3 is 2.08 bits per heavy atom. The van der Waals surface area contributed by atoms with Gasteiger partial charge in [-0.05, 0) is 26.2 Å². The number of rotatable bonds is 2. The van der Waals surface area contributed by atoms with Crippen LogP contribution in [0.4, 0.5) is 0 Å². The summed E-state index contributed by atoms with van der Waals surface area (Å²) in [4.78, 5) is 11.3. The van der Waals surface area contributed by atoms with Gasteiger partial charge < -0.3 is 4.74 Å². The molecule has 0 unspecified atom stereocenters. The molecule has 0 N–H and O–H groups in total. The van der Waals surface area contributed by atoms with Crippen molar-refractivity contribution in [3.8, 4) is 0 Å². The molecule has 0 aromatic carbocycles. The van der Waals surface area contributed by atoms with Gasteiger partial charge in [-0.25, -0.2) is 4.79 Å². The average molecular weight is 184 g/mol. The van der Waals surface area contributed by atoms with Gasteiger partial charge in [-0.2, -0.15) is 0 Å². The van der Waals surface area contributed by atoms with E-state index in [1.807, 2.05) is 19.9 Å². The minimum atomic E-state index is -0.218. The van der Waals surface area contributed by atoms with E-state index in [0.717, 1.165) is 0 Å². The molecular formula is C11H20O2. The number of hydrogen-bond donors (Lipinski definition) is 0. The van der Waals surface area contributed by atoms with E-state index in [1.165, 1.54) is 0 Å². The van der Waals surface area contributed by atoms with Crippen LogP contribution in [0.5, 0.6) is 0 Å². The fourth-order valence-electron chi connectivity index (χ4n) is 1.02. The minimum absolute atomic E-state index is 0.0279. The van der Waals surface area contributed by atoms with Crippen LogP contribution < -0.4 is 0 Å². The van der Waals surface area contributed by atoms with Crippen molar-refractivity contribution >= 4 is 5.97 Å². The summed E-state index contributed by atoms with van der Waals surface area (Å²) in [6.45, 7) is 11.7. The molecule has 0 rings (SSSR count). The van der Waals surface area contributed by atoms with Gasteiger partial charge >= 0.3 is 5.97 Å². The van der Waals surface area contributed by atoms with E-state index in [4.69, 9.17) is 4.74 Å². The lowest BCUT2D eigenvalue weighted by molar-refractivity contribution is -0.142. The van der Waals surface area contributed by atoms with Gasteiger partial charge in [0.05, 0.1) is 6.10 Å². The molecule has 0 saturated carbocycles. The van der Waals surface area contributed by atoms with E-state index in [1.54, 1.807) is 6.92 Å². The zero-order valence-corrected chi connectivity index (χ0v) is 9.47. The van der Waals surface area contributed by atoms with Crippen LogP contribution in [0, 0.1) is 5.41 Å². The molecule has 0 aromatic heterocycles. The molecule has 0 aliphatic rings. The smallest absolute Gasteiger partial charge is 0.333 e. The molecule has 0 atom stereocenters. The third-order valence-corrected chi connectivity index (χ3v) is 1.31. The van der Waals surface area contributed by atoms with E-state index in [0.29, 0.717) is 5.57 Å². The molecule has 0 bridgehead atoms. The van der Waals surface area contributed by atoms with Crippen LogP contribution in [0.3, 0.4) is 0 Å². The molecule has 76 valence electrons. The Balaban J connectivity index is 4.34. The third kappa shape index (κ3) is 6.38. The molecular weight excluding hydrogens is 164 g/mol. The first kappa shape index (κ1) is 12.2.